The van der Waals surface area contributed by atoms with Gasteiger partial charge in [0.15, 0.2) is 11.5 Å². The highest BCUT2D eigenvalue weighted by atomic mass is 35.5. The summed E-state index contributed by atoms with van der Waals surface area (Å²) in [6, 6.07) is 12.6. The smallest absolute Gasteiger partial charge is 0.257 e. The average molecular weight is 374 g/mol. The molecule has 1 N–H and O–H groups in total. The van der Waals surface area contributed by atoms with Crippen LogP contribution in [0.2, 0.25) is 5.02 Å². The minimum atomic E-state index is -0.271. The molecule has 1 aliphatic heterocycles. The van der Waals surface area contributed by atoms with Gasteiger partial charge in [0.1, 0.15) is 5.01 Å². The highest BCUT2D eigenvalue weighted by Gasteiger charge is 2.17. The lowest BCUT2D eigenvalue weighted by Gasteiger charge is -2.02. The van der Waals surface area contributed by atoms with Crippen molar-refractivity contribution in [2.24, 2.45) is 0 Å². The van der Waals surface area contributed by atoms with Crippen LogP contribution in [-0.2, 0) is 6.42 Å². The quantitative estimate of drug-likeness (QED) is 0.753. The highest BCUT2D eigenvalue weighted by molar-refractivity contribution is 7.15. The Bertz CT molecular complexity index is 927. The van der Waals surface area contributed by atoms with E-state index in [0.29, 0.717) is 33.6 Å². The normalized spacial score (nSPS) is 12.2. The number of rotatable bonds is 4. The monoisotopic (exact) mass is 373 g/mol. The largest absolute Gasteiger partial charge is 0.454 e. The number of halogens is 1. The van der Waals surface area contributed by atoms with E-state index in [0.717, 1.165) is 10.6 Å². The van der Waals surface area contributed by atoms with Crippen LogP contribution in [0.25, 0.3) is 0 Å². The maximum atomic E-state index is 12.3. The fraction of sp³-hybridized carbons (Fsp3) is 0.118. The molecule has 0 atom stereocenters. The first-order valence-corrected chi connectivity index (χ1v) is 8.65. The summed E-state index contributed by atoms with van der Waals surface area (Å²) >= 11 is 7.22. The maximum Gasteiger partial charge on any atom is 0.257 e. The van der Waals surface area contributed by atoms with Crippen LogP contribution in [0.5, 0.6) is 11.5 Å². The molecule has 0 radical (unpaired) electrons. The summed E-state index contributed by atoms with van der Waals surface area (Å²) in [6.45, 7) is 0.171. The standard InChI is InChI=1S/C17H12ClN3O3S/c18-12-4-1-10(2-5-12)7-15-20-21-17(25-15)19-16(22)11-3-6-13-14(8-11)24-9-23-13/h1-6,8H,7,9H2,(H,19,21,22). The van der Waals surface area contributed by atoms with Crippen LogP contribution in [0.1, 0.15) is 20.9 Å². The Morgan fingerprint density at radius 3 is 2.76 bits per heavy atom. The second-order valence-electron chi connectivity index (χ2n) is 5.33. The fourth-order valence-electron chi connectivity index (χ4n) is 2.36. The van der Waals surface area contributed by atoms with E-state index in [4.69, 9.17) is 21.1 Å². The molecule has 2 aromatic carbocycles. The first-order valence-electron chi connectivity index (χ1n) is 7.45. The summed E-state index contributed by atoms with van der Waals surface area (Å²) in [6.07, 6.45) is 0.634. The van der Waals surface area contributed by atoms with Gasteiger partial charge < -0.3 is 9.47 Å². The number of benzene rings is 2. The summed E-state index contributed by atoms with van der Waals surface area (Å²) in [5.74, 6) is 0.929. The van der Waals surface area contributed by atoms with E-state index in [1.54, 1.807) is 18.2 Å². The highest BCUT2D eigenvalue weighted by Crippen LogP contribution is 2.32. The van der Waals surface area contributed by atoms with E-state index in [1.807, 2.05) is 24.3 Å². The molecule has 6 nitrogen and oxygen atoms in total. The van der Waals surface area contributed by atoms with Crippen molar-refractivity contribution in [1.82, 2.24) is 10.2 Å². The van der Waals surface area contributed by atoms with Gasteiger partial charge in [-0.25, -0.2) is 0 Å². The fourth-order valence-corrected chi connectivity index (χ4v) is 3.25. The Kier molecular flexibility index (Phi) is 4.25. The lowest BCUT2D eigenvalue weighted by molar-refractivity contribution is 0.102. The number of fused-ring (bicyclic) bond motifs is 1. The third-order valence-corrected chi connectivity index (χ3v) is 4.68. The number of nitrogens with one attached hydrogen (secondary N) is 1. The molecular formula is C17H12ClN3O3S. The number of carbonyl (C=O) groups is 1. The van der Waals surface area contributed by atoms with Gasteiger partial charge in [-0.3, -0.25) is 10.1 Å². The van der Waals surface area contributed by atoms with Crippen LogP contribution in [0.3, 0.4) is 0 Å². The number of hydrogen-bond donors (Lipinski definition) is 1. The van der Waals surface area contributed by atoms with Crippen molar-refractivity contribution in [3.05, 3.63) is 63.6 Å². The summed E-state index contributed by atoms with van der Waals surface area (Å²) in [5.41, 5.74) is 1.55. The Morgan fingerprint density at radius 2 is 1.92 bits per heavy atom. The van der Waals surface area contributed by atoms with Gasteiger partial charge in [0.2, 0.25) is 11.9 Å². The molecule has 0 bridgehead atoms. The zero-order chi connectivity index (χ0) is 17.2. The number of carbonyl (C=O) groups excluding carboxylic acids is 1. The van der Waals surface area contributed by atoms with Crippen molar-refractivity contribution >= 4 is 34.0 Å². The van der Waals surface area contributed by atoms with E-state index in [1.165, 1.54) is 11.3 Å². The van der Waals surface area contributed by atoms with Crippen molar-refractivity contribution < 1.29 is 14.3 Å². The Labute approximate surface area is 152 Å². The van der Waals surface area contributed by atoms with Crippen molar-refractivity contribution in [3.63, 3.8) is 0 Å². The zero-order valence-electron chi connectivity index (χ0n) is 12.9. The van der Waals surface area contributed by atoms with Crippen LogP contribution >= 0.6 is 22.9 Å². The Balaban J connectivity index is 1.43. The van der Waals surface area contributed by atoms with Crippen LogP contribution < -0.4 is 14.8 Å². The molecule has 0 saturated heterocycles. The van der Waals surface area contributed by atoms with Crippen molar-refractivity contribution in [2.75, 3.05) is 12.1 Å². The molecule has 126 valence electrons. The molecular weight excluding hydrogens is 362 g/mol. The average Bonchev–Trinajstić information content (AvgIpc) is 3.25. The zero-order valence-corrected chi connectivity index (χ0v) is 14.4. The van der Waals surface area contributed by atoms with Gasteiger partial charge in [-0.05, 0) is 35.9 Å². The van der Waals surface area contributed by atoms with Gasteiger partial charge in [-0.2, -0.15) is 0 Å². The second-order valence-corrected chi connectivity index (χ2v) is 6.82. The van der Waals surface area contributed by atoms with Crippen molar-refractivity contribution in [1.29, 1.82) is 0 Å². The topological polar surface area (TPSA) is 73.3 Å². The van der Waals surface area contributed by atoms with Gasteiger partial charge in [0.25, 0.3) is 5.91 Å². The molecule has 0 saturated carbocycles. The molecule has 1 amide bonds. The molecule has 1 aromatic heterocycles. The molecule has 0 spiro atoms. The van der Waals surface area contributed by atoms with Gasteiger partial charge in [0, 0.05) is 17.0 Å². The molecule has 8 heteroatoms. The lowest BCUT2D eigenvalue weighted by Crippen LogP contribution is -2.11. The summed E-state index contributed by atoms with van der Waals surface area (Å²) in [4.78, 5) is 12.3. The molecule has 2 heterocycles. The molecule has 0 fully saturated rings. The number of amides is 1. The summed E-state index contributed by atoms with van der Waals surface area (Å²) in [7, 11) is 0. The van der Waals surface area contributed by atoms with E-state index in [-0.39, 0.29) is 12.7 Å². The first kappa shape index (κ1) is 15.9. The van der Waals surface area contributed by atoms with Crippen LogP contribution in [0.15, 0.2) is 42.5 Å². The van der Waals surface area contributed by atoms with Crippen molar-refractivity contribution in [2.45, 2.75) is 6.42 Å². The molecule has 3 aromatic rings. The van der Waals surface area contributed by atoms with Crippen LogP contribution in [0.4, 0.5) is 5.13 Å². The van der Waals surface area contributed by atoms with Gasteiger partial charge in [0.05, 0.1) is 0 Å². The Hall–Kier alpha value is -2.64. The molecule has 25 heavy (non-hydrogen) atoms. The third-order valence-electron chi connectivity index (χ3n) is 3.59. The minimum absolute atomic E-state index is 0.171. The van der Waals surface area contributed by atoms with Gasteiger partial charge >= 0.3 is 0 Å². The number of nitrogens with zero attached hydrogens (tertiary/aromatic N) is 2. The van der Waals surface area contributed by atoms with Gasteiger partial charge in [-0.1, -0.05) is 35.1 Å². The first-order chi connectivity index (χ1) is 12.2. The van der Waals surface area contributed by atoms with Crippen molar-refractivity contribution in [3.8, 4) is 11.5 Å². The maximum absolute atomic E-state index is 12.3. The van der Waals surface area contributed by atoms with E-state index < -0.39 is 0 Å². The third kappa shape index (κ3) is 3.57. The van der Waals surface area contributed by atoms with E-state index in [2.05, 4.69) is 15.5 Å². The number of anilines is 1. The molecule has 0 aliphatic carbocycles. The van der Waals surface area contributed by atoms with Gasteiger partial charge in [-0.15, -0.1) is 10.2 Å². The predicted molar refractivity (Wildman–Crippen MR) is 94.7 cm³/mol. The second kappa shape index (κ2) is 6.70. The number of ether oxygens (including phenoxy) is 2. The van der Waals surface area contributed by atoms with Crippen LogP contribution in [0, 0.1) is 0 Å². The SMILES string of the molecule is O=C(Nc1nnc(Cc2ccc(Cl)cc2)s1)c1ccc2c(c1)OCO2. The number of aromatic nitrogens is 2. The molecule has 0 unspecified atom stereocenters. The van der Waals surface area contributed by atoms with Crippen LogP contribution in [-0.4, -0.2) is 22.9 Å². The van der Waals surface area contributed by atoms with E-state index in [9.17, 15) is 4.79 Å². The number of hydrogen-bond acceptors (Lipinski definition) is 6. The lowest BCUT2D eigenvalue weighted by atomic mass is 10.2. The Morgan fingerprint density at radius 1 is 1.12 bits per heavy atom. The van der Waals surface area contributed by atoms with E-state index >= 15 is 0 Å². The minimum Gasteiger partial charge on any atom is -0.454 e. The molecule has 4 rings (SSSR count). The summed E-state index contributed by atoms with van der Waals surface area (Å²) < 4.78 is 10.5. The summed E-state index contributed by atoms with van der Waals surface area (Å²) in [5, 5.41) is 12.8. The molecule has 1 aliphatic rings. The predicted octanol–water partition coefficient (Wildman–Crippen LogP) is 3.76.